The van der Waals surface area contributed by atoms with Crippen molar-refractivity contribution in [2.75, 3.05) is 0 Å². The molecule has 0 aromatic carbocycles. The van der Waals surface area contributed by atoms with Gasteiger partial charge in [-0.1, -0.05) is 34.8 Å². The molecule has 10 heavy (non-hydrogen) atoms. The first-order chi connectivity index (χ1) is 4.36. The molecule has 2 N–H and O–H groups in total. The predicted molar refractivity (Wildman–Crippen MR) is 38.5 cm³/mol. The largest absolute Gasteiger partial charge is 0.481 e. The number of aliphatic carboxylic acids is 1. The van der Waals surface area contributed by atoms with E-state index in [-0.39, 0.29) is 0 Å². The average Bonchev–Trinajstić information content (AvgIpc) is 1.60. The van der Waals surface area contributed by atoms with Crippen LogP contribution in [0.15, 0.2) is 0 Å². The third-order valence-electron chi connectivity index (χ3n) is 0.735. The summed E-state index contributed by atoms with van der Waals surface area (Å²) in [5, 5.41) is 16.7. The second-order valence-electron chi connectivity index (χ2n) is 1.67. The fraction of sp³-hybridized carbons (Fsp3) is 0.750. The standard InChI is InChI=1S/C4H5Cl3O3/c5-3(10)4(6,7)1-2(8)9/h3,10H,1H2,(H,8,9). The third-order valence-corrected chi connectivity index (χ3v) is 2.01. The summed E-state index contributed by atoms with van der Waals surface area (Å²) in [6, 6.07) is 0. The second kappa shape index (κ2) is 3.62. The maximum atomic E-state index is 9.98. The van der Waals surface area contributed by atoms with Crippen molar-refractivity contribution in [2.45, 2.75) is 16.3 Å². The lowest BCUT2D eigenvalue weighted by Crippen LogP contribution is -2.29. The van der Waals surface area contributed by atoms with E-state index in [9.17, 15) is 4.79 Å². The van der Waals surface area contributed by atoms with E-state index in [4.69, 9.17) is 45.0 Å². The Morgan fingerprint density at radius 1 is 1.60 bits per heavy atom. The molecule has 0 aromatic rings. The van der Waals surface area contributed by atoms with Crippen LogP contribution in [0.3, 0.4) is 0 Å². The van der Waals surface area contributed by atoms with Crippen molar-refractivity contribution in [3.63, 3.8) is 0 Å². The molecule has 0 amide bonds. The number of aliphatic hydroxyl groups excluding tert-OH is 1. The molecule has 1 atom stereocenters. The fourth-order valence-corrected chi connectivity index (χ4v) is 0.592. The van der Waals surface area contributed by atoms with Crippen molar-refractivity contribution in [1.82, 2.24) is 0 Å². The minimum atomic E-state index is -1.81. The Hall–Kier alpha value is 0.300. The zero-order chi connectivity index (χ0) is 8.36. The van der Waals surface area contributed by atoms with Crippen LogP contribution in [-0.2, 0) is 4.79 Å². The monoisotopic (exact) mass is 206 g/mol. The molecule has 0 heterocycles. The van der Waals surface area contributed by atoms with Crippen LogP contribution >= 0.6 is 34.8 Å². The summed E-state index contributed by atoms with van der Waals surface area (Å²) in [6.07, 6.45) is -0.596. The molecular formula is C4H5Cl3O3. The molecule has 0 aliphatic heterocycles. The van der Waals surface area contributed by atoms with E-state index in [1.807, 2.05) is 0 Å². The van der Waals surface area contributed by atoms with Gasteiger partial charge in [0, 0.05) is 0 Å². The molecule has 60 valence electrons. The van der Waals surface area contributed by atoms with E-state index in [0.717, 1.165) is 0 Å². The second-order valence-corrected chi connectivity index (χ2v) is 3.62. The highest BCUT2D eigenvalue weighted by Gasteiger charge is 2.34. The molecule has 0 aliphatic carbocycles. The smallest absolute Gasteiger partial charge is 0.306 e. The highest BCUT2D eigenvalue weighted by Crippen LogP contribution is 2.31. The van der Waals surface area contributed by atoms with Crippen molar-refractivity contribution < 1.29 is 15.0 Å². The van der Waals surface area contributed by atoms with Crippen LogP contribution in [0.25, 0.3) is 0 Å². The summed E-state index contributed by atoms with van der Waals surface area (Å²) in [5.41, 5.74) is -1.58. The minimum absolute atomic E-state index is 0.596. The topological polar surface area (TPSA) is 57.5 Å². The summed E-state index contributed by atoms with van der Waals surface area (Å²) in [7, 11) is 0. The van der Waals surface area contributed by atoms with Gasteiger partial charge in [0.25, 0.3) is 0 Å². The molecule has 0 aliphatic rings. The molecule has 6 heteroatoms. The van der Waals surface area contributed by atoms with E-state index in [1.165, 1.54) is 0 Å². The first-order valence-corrected chi connectivity index (χ1v) is 3.47. The Morgan fingerprint density at radius 2 is 2.00 bits per heavy atom. The molecule has 0 bridgehead atoms. The van der Waals surface area contributed by atoms with Crippen LogP contribution in [0.4, 0.5) is 0 Å². The number of hydrogen-bond donors (Lipinski definition) is 2. The number of rotatable bonds is 3. The van der Waals surface area contributed by atoms with E-state index in [1.54, 1.807) is 0 Å². The van der Waals surface area contributed by atoms with Gasteiger partial charge in [0.15, 0.2) is 9.90 Å². The zero-order valence-electron chi connectivity index (χ0n) is 4.72. The normalized spacial score (nSPS) is 14.8. The number of halogens is 3. The van der Waals surface area contributed by atoms with Gasteiger partial charge in [0.05, 0.1) is 6.42 Å². The number of aliphatic hydroxyl groups is 1. The lowest BCUT2D eigenvalue weighted by Gasteiger charge is -2.17. The van der Waals surface area contributed by atoms with Gasteiger partial charge in [-0.2, -0.15) is 0 Å². The Bertz CT molecular complexity index is 134. The lowest BCUT2D eigenvalue weighted by molar-refractivity contribution is -0.137. The van der Waals surface area contributed by atoms with E-state index in [0.29, 0.717) is 0 Å². The molecule has 0 fully saturated rings. The summed E-state index contributed by atoms with van der Waals surface area (Å²) < 4.78 is -1.81. The number of hydrogen-bond acceptors (Lipinski definition) is 2. The fourth-order valence-electron chi connectivity index (χ4n) is 0.286. The van der Waals surface area contributed by atoms with Crippen molar-refractivity contribution in [3.05, 3.63) is 0 Å². The lowest BCUT2D eigenvalue weighted by atomic mass is 10.3. The molecular weight excluding hydrogens is 202 g/mol. The number of alkyl halides is 3. The number of carbonyl (C=O) groups is 1. The van der Waals surface area contributed by atoms with Crippen molar-refractivity contribution in [2.24, 2.45) is 0 Å². The van der Waals surface area contributed by atoms with Gasteiger partial charge in [-0.15, -0.1) is 0 Å². The number of carboxylic acid groups (broad SMARTS) is 1. The minimum Gasteiger partial charge on any atom is -0.481 e. The first kappa shape index (κ1) is 10.3. The van der Waals surface area contributed by atoms with Crippen LogP contribution in [0, 0.1) is 0 Å². The van der Waals surface area contributed by atoms with Crippen LogP contribution in [0.2, 0.25) is 0 Å². The summed E-state index contributed by atoms with van der Waals surface area (Å²) in [5.74, 6) is -1.22. The molecule has 0 spiro atoms. The summed E-state index contributed by atoms with van der Waals surface area (Å²) in [4.78, 5) is 9.98. The SMILES string of the molecule is O=C(O)CC(Cl)(Cl)C(O)Cl. The van der Waals surface area contributed by atoms with Gasteiger partial charge in [-0.25, -0.2) is 0 Å². The Kier molecular flexibility index (Phi) is 3.73. The van der Waals surface area contributed by atoms with Gasteiger partial charge in [-0.3, -0.25) is 4.79 Å². The van der Waals surface area contributed by atoms with Gasteiger partial charge >= 0.3 is 5.97 Å². The maximum absolute atomic E-state index is 9.98. The quantitative estimate of drug-likeness (QED) is 0.684. The molecule has 3 nitrogen and oxygen atoms in total. The molecule has 1 unspecified atom stereocenters. The summed E-state index contributed by atoms with van der Waals surface area (Å²) >= 11 is 15.6. The molecule has 0 rings (SSSR count). The van der Waals surface area contributed by atoms with Crippen LogP contribution in [0.5, 0.6) is 0 Å². The van der Waals surface area contributed by atoms with Gasteiger partial charge in [0.1, 0.15) is 0 Å². The number of carboxylic acids is 1. The van der Waals surface area contributed by atoms with Crippen molar-refractivity contribution >= 4 is 40.8 Å². The van der Waals surface area contributed by atoms with Gasteiger partial charge in [-0.05, 0) is 0 Å². The average molecular weight is 207 g/mol. The zero-order valence-corrected chi connectivity index (χ0v) is 6.99. The molecule has 0 saturated heterocycles. The molecule has 0 saturated carbocycles. The Balaban J connectivity index is 3.99. The van der Waals surface area contributed by atoms with Crippen LogP contribution in [-0.4, -0.2) is 26.1 Å². The van der Waals surface area contributed by atoms with E-state index < -0.39 is 22.3 Å². The summed E-state index contributed by atoms with van der Waals surface area (Å²) in [6.45, 7) is 0. The predicted octanol–water partition coefficient (Wildman–Crippen LogP) is 1.19. The Labute approximate surface area is 72.5 Å². The maximum Gasteiger partial charge on any atom is 0.306 e. The van der Waals surface area contributed by atoms with Crippen LogP contribution in [0.1, 0.15) is 6.42 Å². The first-order valence-electron chi connectivity index (χ1n) is 2.28. The van der Waals surface area contributed by atoms with Crippen molar-refractivity contribution in [1.29, 1.82) is 0 Å². The third kappa shape index (κ3) is 3.46. The highest BCUT2D eigenvalue weighted by atomic mass is 35.5. The van der Waals surface area contributed by atoms with Gasteiger partial charge < -0.3 is 10.2 Å². The molecule has 0 aromatic heterocycles. The Morgan fingerprint density at radius 3 is 2.10 bits per heavy atom. The van der Waals surface area contributed by atoms with Crippen LogP contribution < -0.4 is 0 Å². The van der Waals surface area contributed by atoms with E-state index in [2.05, 4.69) is 0 Å². The van der Waals surface area contributed by atoms with E-state index >= 15 is 0 Å². The van der Waals surface area contributed by atoms with Gasteiger partial charge in [0.2, 0.25) is 0 Å². The van der Waals surface area contributed by atoms with Crippen molar-refractivity contribution in [3.8, 4) is 0 Å². The highest BCUT2D eigenvalue weighted by molar-refractivity contribution is 6.52. The molecule has 0 radical (unpaired) electrons.